The van der Waals surface area contributed by atoms with E-state index in [-0.39, 0.29) is 0 Å². The summed E-state index contributed by atoms with van der Waals surface area (Å²) in [6.07, 6.45) is 0. The maximum Gasteiger partial charge on any atom is 0.0720 e. The van der Waals surface area contributed by atoms with Crippen molar-refractivity contribution in [3.8, 4) is 0 Å². The third kappa shape index (κ3) is 3.55. The van der Waals surface area contributed by atoms with Gasteiger partial charge in [0.2, 0.25) is 0 Å². The summed E-state index contributed by atoms with van der Waals surface area (Å²) in [6, 6.07) is 13.7. The van der Waals surface area contributed by atoms with Gasteiger partial charge in [0.15, 0.2) is 0 Å². The number of nitrogen functional groups attached to an aromatic ring is 1. The van der Waals surface area contributed by atoms with Gasteiger partial charge in [-0.3, -0.25) is 0 Å². The number of hydrogen-bond donors (Lipinski definition) is 2. The Morgan fingerprint density at radius 3 is 2.26 bits per heavy atom. The molecule has 3 N–H and O–H groups in total. The lowest BCUT2D eigenvalue weighted by atomic mass is 10.0. The van der Waals surface area contributed by atoms with Crippen molar-refractivity contribution in [1.29, 1.82) is 0 Å². The molecule has 0 aromatic heterocycles. The Labute approximate surface area is 123 Å². The van der Waals surface area contributed by atoms with E-state index in [1.54, 1.807) is 12.1 Å². The van der Waals surface area contributed by atoms with E-state index in [2.05, 4.69) is 24.4 Å². The van der Waals surface area contributed by atoms with Gasteiger partial charge in [0.25, 0.3) is 0 Å². The average Bonchev–Trinajstić information content (AvgIpc) is 2.38. The summed E-state index contributed by atoms with van der Waals surface area (Å²) in [4.78, 5) is 0. The van der Waals surface area contributed by atoms with E-state index in [0.29, 0.717) is 21.7 Å². The zero-order valence-electron chi connectivity index (χ0n) is 10.7. The highest BCUT2D eigenvalue weighted by molar-refractivity contribution is 6.39. The van der Waals surface area contributed by atoms with Gasteiger partial charge in [-0.1, -0.05) is 60.5 Å². The van der Waals surface area contributed by atoms with Crippen molar-refractivity contribution >= 4 is 34.6 Å². The first kappa shape index (κ1) is 14.0. The molecule has 0 bridgehead atoms. The number of hydrogen-bond acceptors (Lipinski definition) is 2. The minimum atomic E-state index is 0.367. The molecule has 2 rings (SSSR count). The molecule has 1 atom stereocenters. The molecule has 19 heavy (non-hydrogen) atoms. The van der Waals surface area contributed by atoms with Crippen molar-refractivity contribution in [3.05, 3.63) is 58.1 Å². The average molecular weight is 295 g/mol. The van der Waals surface area contributed by atoms with Gasteiger partial charge in [-0.15, -0.1) is 0 Å². The van der Waals surface area contributed by atoms with E-state index in [1.165, 1.54) is 5.56 Å². The number of halogens is 2. The van der Waals surface area contributed by atoms with E-state index in [0.717, 1.165) is 12.2 Å². The second-order valence-electron chi connectivity index (χ2n) is 4.55. The van der Waals surface area contributed by atoms with Gasteiger partial charge in [0.1, 0.15) is 0 Å². The quantitative estimate of drug-likeness (QED) is 0.796. The normalized spacial score (nSPS) is 12.2. The fourth-order valence-electron chi connectivity index (χ4n) is 1.92. The molecule has 0 saturated heterocycles. The van der Waals surface area contributed by atoms with Gasteiger partial charge in [0, 0.05) is 12.2 Å². The van der Waals surface area contributed by atoms with Gasteiger partial charge in [0.05, 0.1) is 15.7 Å². The van der Waals surface area contributed by atoms with E-state index in [4.69, 9.17) is 28.9 Å². The molecule has 4 heteroatoms. The van der Waals surface area contributed by atoms with Crippen LogP contribution in [0, 0.1) is 0 Å². The van der Waals surface area contributed by atoms with Crippen molar-refractivity contribution in [1.82, 2.24) is 0 Å². The molecule has 0 aliphatic rings. The maximum atomic E-state index is 6.14. The zero-order valence-corrected chi connectivity index (χ0v) is 12.2. The summed E-state index contributed by atoms with van der Waals surface area (Å²) < 4.78 is 0. The van der Waals surface area contributed by atoms with Crippen molar-refractivity contribution in [2.24, 2.45) is 0 Å². The fourth-order valence-corrected chi connectivity index (χ4v) is 2.55. The Bertz CT molecular complexity index is 532. The van der Waals surface area contributed by atoms with Crippen molar-refractivity contribution in [3.63, 3.8) is 0 Å². The molecule has 2 nitrogen and oxygen atoms in total. The highest BCUT2D eigenvalue weighted by Gasteiger charge is 2.10. The lowest BCUT2D eigenvalue weighted by Gasteiger charge is -2.16. The van der Waals surface area contributed by atoms with Gasteiger partial charge in [-0.2, -0.15) is 0 Å². The van der Waals surface area contributed by atoms with E-state index >= 15 is 0 Å². The molecule has 0 saturated carbocycles. The zero-order chi connectivity index (χ0) is 13.8. The Hall–Kier alpha value is -1.38. The monoisotopic (exact) mass is 294 g/mol. The number of benzene rings is 2. The van der Waals surface area contributed by atoms with Gasteiger partial charge in [-0.05, 0) is 23.6 Å². The molecular weight excluding hydrogens is 279 g/mol. The molecule has 0 fully saturated rings. The fraction of sp³-hybridized carbons (Fsp3) is 0.200. The summed E-state index contributed by atoms with van der Waals surface area (Å²) in [5.41, 5.74) is 8.26. The summed E-state index contributed by atoms with van der Waals surface area (Å²) >= 11 is 12.3. The Kier molecular flexibility index (Phi) is 4.56. The highest BCUT2D eigenvalue weighted by Crippen LogP contribution is 2.33. The molecule has 0 radical (unpaired) electrons. The largest absolute Gasteiger partial charge is 0.399 e. The van der Waals surface area contributed by atoms with Crippen LogP contribution < -0.4 is 11.1 Å². The van der Waals surface area contributed by atoms with Crippen LogP contribution in [-0.4, -0.2) is 6.54 Å². The summed E-state index contributed by atoms with van der Waals surface area (Å²) in [6.45, 7) is 2.91. The first-order valence-electron chi connectivity index (χ1n) is 6.11. The van der Waals surface area contributed by atoms with Crippen LogP contribution in [0.1, 0.15) is 18.4 Å². The second-order valence-corrected chi connectivity index (χ2v) is 5.37. The van der Waals surface area contributed by atoms with Crippen LogP contribution in [-0.2, 0) is 0 Å². The van der Waals surface area contributed by atoms with Crippen LogP contribution in [0.3, 0.4) is 0 Å². The number of nitrogens with two attached hydrogens (primary N) is 1. The third-order valence-corrected chi connectivity index (χ3v) is 3.61. The number of anilines is 2. The molecule has 0 aliphatic carbocycles. The Morgan fingerprint density at radius 2 is 1.68 bits per heavy atom. The lowest BCUT2D eigenvalue weighted by Crippen LogP contribution is -2.10. The van der Waals surface area contributed by atoms with Crippen LogP contribution in [0.4, 0.5) is 11.4 Å². The molecular formula is C15H16Cl2N2. The van der Waals surface area contributed by atoms with Crippen LogP contribution in [0.15, 0.2) is 42.5 Å². The molecule has 1 unspecified atom stereocenters. The predicted octanol–water partition coefficient (Wildman–Crippen LogP) is 4.79. The van der Waals surface area contributed by atoms with Crippen LogP contribution >= 0.6 is 23.2 Å². The first-order chi connectivity index (χ1) is 9.08. The molecule has 2 aromatic rings. The summed E-state index contributed by atoms with van der Waals surface area (Å²) in [5, 5.41) is 4.38. The van der Waals surface area contributed by atoms with Crippen molar-refractivity contribution in [2.45, 2.75) is 12.8 Å². The molecule has 2 aromatic carbocycles. The van der Waals surface area contributed by atoms with Gasteiger partial charge >= 0.3 is 0 Å². The van der Waals surface area contributed by atoms with Crippen molar-refractivity contribution < 1.29 is 0 Å². The third-order valence-electron chi connectivity index (χ3n) is 3.02. The number of rotatable bonds is 4. The lowest BCUT2D eigenvalue weighted by molar-refractivity contribution is 0.805. The van der Waals surface area contributed by atoms with Crippen LogP contribution in [0.25, 0.3) is 0 Å². The first-order valence-corrected chi connectivity index (χ1v) is 6.87. The van der Waals surface area contributed by atoms with E-state index in [9.17, 15) is 0 Å². The second kappa shape index (κ2) is 6.18. The van der Waals surface area contributed by atoms with Gasteiger partial charge in [-0.25, -0.2) is 0 Å². The van der Waals surface area contributed by atoms with Crippen LogP contribution in [0.2, 0.25) is 10.0 Å². The minimum Gasteiger partial charge on any atom is -0.399 e. The van der Waals surface area contributed by atoms with Gasteiger partial charge < -0.3 is 11.1 Å². The topological polar surface area (TPSA) is 38.0 Å². The van der Waals surface area contributed by atoms with E-state index in [1.807, 2.05) is 18.2 Å². The maximum absolute atomic E-state index is 6.14. The molecule has 0 spiro atoms. The molecule has 0 heterocycles. The molecule has 0 amide bonds. The molecule has 100 valence electrons. The van der Waals surface area contributed by atoms with Crippen LogP contribution in [0.5, 0.6) is 0 Å². The highest BCUT2D eigenvalue weighted by atomic mass is 35.5. The SMILES string of the molecule is CC(CNc1c(Cl)cc(N)cc1Cl)c1ccccc1. The van der Waals surface area contributed by atoms with E-state index < -0.39 is 0 Å². The number of nitrogens with one attached hydrogen (secondary N) is 1. The Balaban J connectivity index is 2.07. The minimum absolute atomic E-state index is 0.367. The predicted molar refractivity (Wildman–Crippen MR) is 84.2 cm³/mol. The smallest absolute Gasteiger partial charge is 0.0720 e. The summed E-state index contributed by atoms with van der Waals surface area (Å²) in [7, 11) is 0. The molecule has 0 aliphatic heterocycles. The van der Waals surface area contributed by atoms with Crippen molar-refractivity contribution in [2.75, 3.05) is 17.6 Å². The summed E-state index contributed by atoms with van der Waals surface area (Å²) in [5.74, 6) is 0.367. The standard InChI is InChI=1S/C15H16Cl2N2/c1-10(11-5-3-2-4-6-11)9-19-15-13(16)7-12(18)8-14(15)17/h2-8,10,19H,9,18H2,1H3. The Morgan fingerprint density at radius 1 is 1.11 bits per heavy atom.